The molecular formula is C24H20BrClN4O. The minimum atomic E-state index is -0.377. The molecule has 3 aromatic carbocycles. The number of aryl methyl sites for hydroxylation is 3. The van der Waals surface area contributed by atoms with Crippen LogP contribution >= 0.6 is 27.5 Å². The lowest BCUT2D eigenvalue weighted by Crippen LogP contribution is -2.15. The summed E-state index contributed by atoms with van der Waals surface area (Å²) in [5.74, 6) is 0.280. The lowest BCUT2D eigenvalue weighted by molar-refractivity contribution is 0.101. The number of nitrogens with zero attached hydrogens (tertiary/aromatic N) is 3. The summed E-state index contributed by atoms with van der Waals surface area (Å²) in [5, 5.41) is 8.05. The van der Waals surface area contributed by atoms with Crippen LogP contribution in [0.2, 0.25) is 5.02 Å². The Morgan fingerprint density at radius 3 is 2.55 bits per heavy atom. The van der Waals surface area contributed by atoms with E-state index in [4.69, 9.17) is 11.6 Å². The molecule has 0 spiro atoms. The Morgan fingerprint density at radius 2 is 1.81 bits per heavy atom. The first kappa shape index (κ1) is 21.3. The fourth-order valence-electron chi connectivity index (χ4n) is 3.30. The van der Waals surface area contributed by atoms with Crippen LogP contribution < -0.4 is 5.32 Å². The number of amides is 1. The number of rotatable bonds is 4. The van der Waals surface area contributed by atoms with Gasteiger partial charge in [-0.2, -0.15) is 0 Å². The quantitative estimate of drug-likeness (QED) is 0.350. The van der Waals surface area contributed by atoms with Gasteiger partial charge in [-0.05, 0) is 68.3 Å². The molecular weight excluding hydrogens is 476 g/mol. The SMILES string of the molecule is Cc1cccc(-c2nc(C(=O)Nc3ccc(Br)cc3C)nn2-c2cc(Cl)ccc2C)c1. The molecule has 4 aromatic rings. The summed E-state index contributed by atoms with van der Waals surface area (Å²) in [6, 6.07) is 19.2. The molecule has 1 aromatic heterocycles. The monoisotopic (exact) mass is 494 g/mol. The number of anilines is 1. The van der Waals surface area contributed by atoms with Crippen molar-refractivity contribution in [3.63, 3.8) is 0 Å². The van der Waals surface area contributed by atoms with Gasteiger partial charge in [0.1, 0.15) is 0 Å². The van der Waals surface area contributed by atoms with Crippen molar-refractivity contribution in [2.45, 2.75) is 20.8 Å². The average Bonchev–Trinajstić information content (AvgIpc) is 3.17. The lowest BCUT2D eigenvalue weighted by Gasteiger charge is -2.10. The van der Waals surface area contributed by atoms with Crippen molar-refractivity contribution < 1.29 is 4.79 Å². The smallest absolute Gasteiger partial charge is 0.295 e. The highest BCUT2D eigenvalue weighted by atomic mass is 79.9. The maximum Gasteiger partial charge on any atom is 0.295 e. The fourth-order valence-corrected chi connectivity index (χ4v) is 3.95. The van der Waals surface area contributed by atoms with Gasteiger partial charge in [0.05, 0.1) is 5.69 Å². The maximum absolute atomic E-state index is 13.0. The molecule has 5 nitrogen and oxygen atoms in total. The Balaban J connectivity index is 1.81. The first-order valence-corrected chi connectivity index (χ1v) is 10.9. The molecule has 0 unspecified atom stereocenters. The summed E-state index contributed by atoms with van der Waals surface area (Å²) in [6.07, 6.45) is 0. The van der Waals surface area contributed by atoms with Gasteiger partial charge >= 0.3 is 0 Å². The van der Waals surface area contributed by atoms with Crippen molar-refractivity contribution in [2.24, 2.45) is 0 Å². The second kappa shape index (κ2) is 8.65. The van der Waals surface area contributed by atoms with Crippen molar-refractivity contribution in [2.75, 3.05) is 5.32 Å². The Kier molecular flexibility index (Phi) is 5.94. The van der Waals surface area contributed by atoms with Gasteiger partial charge in [0.25, 0.3) is 5.91 Å². The number of hydrogen-bond acceptors (Lipinski definition) is 3. The van der Waals surface area contributed by atoms with Crippen molar-refractivity contribution in [3.05, 3.63) is 92.7 Å². The summed E-state index contributed by atoms with van der Waals surface area (Å²) in [5.41, 5.74) is 5.35. The number of carbonyl (C=O) groups is 1. The molecule has 0 aliphatic heterocycles. The molecule has 1 amide bonds. The van der Waals surface area contributed by atoms with E-state index in [9.17, 15) is 4.79 Å². The summed E-state index contributed by atoms with van der Waals surface area (Å²) in [4.78, 5) is 17.6. The molecule has 0 radical (unpaired) electrons. The highest BCUT2D eigenvalue weighted by Gasteiger charge is 2.20. The molecule has 4 rings (SSSR count). The number of nitrogens with one attached hydrogen (secondary N) is 1. The molecule has 1 heterocycles. The number of hydrogen-bond donors (Lipinski definition) is 1. The summed E-state index contributed by atoms with van der Waals surface area (Å²) < 4.78 is 2.63. The number of benzene rings is 3. The summed E-state index contributed by atoms with van der Waals surface area (Å²) >= 11 is 9.69. The molecule has 0 bridgehead atoms. The number of aromatic nitrogens is 3. The van der Waals surface area contributed by atoms with E-state index < -0.39 is 0 Å². The van der Waals surface area contributed by atoms with Gasteiger partial charge in [0.15, 0.2) is 5.82 Å². The minimum absolute atomic E-state index is 0.0817. The third-order valence-electron chi connectivity index (χ3n) is 4.92. The number of halogens is 2. The minimum Gasteiger partial charge on any atom is -0.319 e. The van der Waals surface area contributed by atoms with Gasteiger partial charge in [0, 0.05) is 20.7 Å². The highest BCUT2D eigenvalue weighted by molar-refractivity contribution is 9.10. The second-order valence-electron chi connectivity index (χ2n) is 7.38. The molecule has 0 fully saturated rings. The Bertz CT molecular complexity index is 1300. The van der Waals surface area contributed by atoms with Crippen molar-refractivity contribution in [1.82, 2.24) is 14.8 Å². The van der Waals surface area contributed by atoms with E-state index >= 15 is 0 Å². The van der Waals surface area contributed by atoms with E-state index in [-0.39, 0.29) is 11.7 Å². The van der Waals surface area contributed by atoms with Crippen molar-refractivity contribution in [3.8, 4) is 17.1 Å². The third kappa shape index (κ3) is 4.55. The predicted octanol–water partition coefficient (Wildman–Crippen LogP) is 6.53. The predicted molar refractivity (Wildman–Crippen MR) is 128 cm³/mol. The summed E-state index contributed by atoms with van der Waals surface area (Å²) in [7, 11) is 0. The normalized spacial score (nSPS) is 10.9. The van der Waals surface area contributed by atoms with E-state index in [1.807, 2.05) is 81.4 Å². The van der Waals surface area contributed by atoms with Crippen LogP contribution in [-0.2, 0) is 0 Å². The van der Waals surface area contributed by atoms with Gasteiger partial charge in [-0.15, -0.1) is 5.10 Å². The van der Waals surface area contributed by atoms with Gasteiger partial charge in [-0.1, -0.05) is 57.4 Å². The molecule has 7 heteroatoms. The largest absolute Gasteiger partial charge is 0.319 e. The van der Waals surface area contributed by atoms with E-state index in [1.54, 1.807) is 4.68 Å². The standard InChI is InChI=1S/C24H20BrClN4O/c1-14-5-4-6-17(11-14)23-28-22(24(31)27-20-10-8-18(25)12-16(20)3)29-30(23)21-13-19(26)9-7-15(21)2/h4-13H,1-3H3,(H,27,31). The first-order valence-electron chi connectivity index (χ1n) is 9.70. The van der Waals surface area contributed by atoms with Crippen LogP contribution in [0, 0.1) is 20.8 Å². The average molecular weight is 496 g/mol. The molecule has 1 N–H and O–H groups in total. The van der Waals surface area contributed by atoms with E-state index in [2.05, 4.69) is 31.3 Å². The van der Waals surface area contributed by atoms with Gasteiger partial charge in [0.2, 0.25) is 5.82 Å². The molecule has 0 atom stereocenters. The molecule has 0 aliphatic rings. The Labute approximate surface area is 194 Å². The van der Waals surface area contributed by atoms with E-state index in [0.29, 0.717) is 16.5 Å². The molecule has 156 valence electrons. The van der Waals surface area contributed by atoms with Crippen molar-refractivity contribution in [1.29, 1.82) is 0 Å². The second-order valence-corrected chi connectivity index (χ2v) is 8.74. The fraction of sp³-hybridized carbons (Fsp3) is 0.125. The van der Waals surface area contributed by atoms with Crippen LogP contribution in [0.5, 0.6) is 0 Å². The number of carbonyl (C=O) groups excluding carboxylic acids is 1. The zero-order valence-electron chi connectivity index (χ0n) is 17.3. The van der Waals surface area contributed by atoms with Crippen LogP contribution in [0.1, 0.15) is 27.3 Å². The zero-order chi connectivity index (χ0) is 22.1. The van der Waals surface area contributed by atoms with Crippen LogP contribution in [-0.4, -0.2) is 20.7 Å². The molecule has 0 saturated heterocycles. The van der Waals surface area contributed by atoms with Gasteiger partial charge in [-0.25, -0.2) is 9.67 Å². The van der Waals surface area contributed by atoms with Gasteiger partial charge in [-0.3, -0.25) is 4.79 Å². The molecule has 0 saturated carbocycles. The van der Waals surface area contributed by atoms with Gasteiger partial charge < -0.3 is 5.32 Å². The first-order chi connectivity index (χ1) is 14.8. The lowest BCUT2D eigenvalue weighted by atomic mass is 10.1. The van der Waals surface area contributed by atoms with Crippen LogP contribution in [0.3, 0.4) is 0 Å². The zero-order valence-corrected chi connectivity index (χ0v) is 19.6. The van der Waals surface area contributed by atoms with Crippen LogP contribution in [0.4, 0.5) is 5.69 Å². The van der Waals surface area contributed by atoms with E-state index in [1.165, 1.54) is 0 Å². The van der Waals surface area contributed by atoms with Crippen molar-refractivity contribution >= 4 is 39.1 Å². The summed E-state index contributed by atoms with van der Waals surface area (Å²) in [6.45, 7) is 5.91. The van der Waals surface area contributed by atoms with Crippen LogP contribution in [0.25, 0.3) is 17.1 Å². The maximum atomic E-state index is 13.0. The molecule has 31 heavy (non-hydrogen) atoms. The van der Waals surface area contributed by atoms with E-state index in [0.717, 1.165) is 32.4 Å². The Hall–Kier alpha value is -2.96. The van der Waals surface area contributed by atoms with Crippen LogP contribution in [0.15, 0.2) is 65.1 Å². The topological polar surface area (TPSA) is 59.8 Å². The third-order valence-corrected chi connectivity index (χ3v) is 5.65. The molecule has 0 aliphatic carbocycles. The highest BCUT2D eigenvalue weighted by Crippen LogP contribution is 2.27. The Morgan fingerprint density at radius 1 is 1.00 bits per heavy atom.